The SMILES string of the molecule is COc1ccc(-n2c(=O)n(C)c3cnc4ccc(Br)cc4c32)c(Cl)n1. The molecule has 25 heavy (non-hydrogen) atoms. The van der Waals surface area contributed by atoms with Crippen LogP contribution >= 0.6 is 27.5 Å². The van der Waals surface area contributed by atoms with E-state index < -0.39 is 0 Å². The molecule has 0 saturated carbocycles. The molecule has 0 aliphatic heterocycles. The Bertz CT molecular complexity index is 1200. The average Bonchev–Trinajstić information content (AvgIpc) is 2.86. The number of methoxy groups -OCH3 is 1. The second-order valence-corrected chi connectivity index (χ2v) is 6.77. The van der Waals surface area contributed by atoms with Gasteiger partial charge in [0.2, 0.25) is 5.88 Å². The van der Waals surface area contributed by atoms with Crippen molar-refractivity contribution in [3.63, 3.8) is 0 Å². The van der Waals surface area contributed by atoms with E-state index in [4.69, 9.17) is 16.3 Å². The van der Waals surface area contributed by atoms with Crippen LogP contribution in [-0.4, -0.2) is 26.2 Å². The molecular formula is C17H12BrClN4O2. The molecule has 1 aromatic carbocycles. The first-order chi connectivity index (χ1) is 12.0. The largest absolute Gasteiger partial charge is 0.481 e. The average molecular weight is 420 g/mol. The minimum atomic E-state index is -0.224. The molecule has 3 heterocycles. The Labute approximate surface area is 155 Å². The molecule has 6 nitrogen and oxygen atoms in total. The van der Waals surface area contributed by atoms with E-state index in [-0.39, 0.29) is 10.8 Å². The molecule has 0 aliphatic carbocycles. The number of fused-ring (bicyclic) bond motifs is 3. The first-order valence-electron chi connectivity index (χ1n) is 7.38. The van der Waals surface area contributed by atoms with E-state index in [9.17, 15) is 4.79 Å². The lowest BCUT2D eigenvalue weighted by Gasteiger charge is -2.08. The molecule has 0 atom stereocenters. The van der Waals surface area contributed by atoms with Crippen molar-refractivity contribution >= 4 is 49.5 Å². The minimum absolute atomic E-state index is 0.189. The van der Waals surface area contributed by atoms with Crippen LogP contribution in [0.5, 0.6) is 5.88 Å². The van der Waals surface area contributed by atoms with E-state index in [0.29, 0.717) is 17.1 Å². The van der Waals surface area contributed by atoms with E-state index in [1.807, 2.05) is 18.2 Å². The molecule has 0 unspecified atom stereocenters. The van der Waals surface area contributed by atoms with Gasteiger partial charge in [0.15, 0.2) is 5.15 Å². The lowest BCUT2D eigenvalue weighted by atomic mass is 10.2. The summed E-state index contributed by atoms with van der Waals surface area (Å²) in [5, 5.41) is 1.03. The summed E-state index contributed by atoms with van der Waals surface area (Å²) in [6.45, 7) is 0. The number of nitrogens with zero attached hydrogens (tertiary/aromatic N) is 4. The third-order valence-corrected chi connectivity index (χ3v) is 4.87. The number of imidazole rings is 1. The molecule has 4 rings (SSSR count). The zero-order valence-electron chi connectivity index (χ0n) is 13.3. The Hall–Kier alpha value is -2.38. The zero-order valence-corrected chi connectivity index (χ0v) is 15.7. The van der Waals surface area contributed by atoms with Crippen LogP contribution in [0.4, 0.5) is 0 Å². The van der Waals surface area contributed by atoms with Gasteiger partial charge in [-0.3, -0.25) is 14.1 Å². The maximum absolute atomic E-state index is 12.9. The van der Waals surface area contributed by atoms with Crippen molar-refractivity contribution in [2.75, 3.05) is 7.11 Å². The molecule has 0 N–H and O–H groups in total. The summed E-state index contributed by atoms with van der Waals surface area (Å²) in [6, 6.07) is 9.14. The van der Waals surface area contributed by atoms with Crippen LogP contribution in [0.25, 0.3) is 27.6 Å². The Kier molecular flexibility index (Phi) is 3.77. The number of ether oxygens (including phenoxy) is 1. The number of halogens is 2. The van der Waals surface area contributed by atoms with Crippen molar-refractivity contribution in [3.8, 4) is 11.6 Å². The molecule has 0 fully saturated rings. The maximum Gasteiger partial charge on any atom is 0.333 e. The number of hydrogen-bond acceptors (Lipinski definition) is 4. The van der Waals surface area contributed by atoms with Gasteiger partial charge >= 0.3 is 5.69 Å². The van der Waals surface area contributed by atoms with Crippen LogP contribution in [0, 0.1) is 0 Å². The van der Waals surface area contributed by atoms with E-state index in [2.05, 4.69) is 25.9 Å². The van der Waals surface area contributed by atoms with Crippen LogP contribution in [0.1, 0.15) is 0 Å². The summed E-state index contributed by atoms with van der Waals surface area (Å²) in [5.74, 6) is 0.385. The number of pyridine rings is 2. The van der Waals surface area contributed by atoms with Crippen molar-refractivity contribution < 1.29 is 4.74 Å². The molecule has 8 heteroatoms. The minimum Gasteiger partial charge on any atom is -0.481 e. The smallest absolute Gasteiger partial charge is 0.333 e. The molecule has 126 valence electrons. The number of aryl methyl sites for hydroxylation is 1. The van der Waals surface area contributed by atoms with E-state index >= 15 is 0 Å². The molecule has 4 aromatic rings. The van der Waals surface area contributed by atoms with Gasteiger partial charge in [0.05, 0.1) is 35.5 Å². The lowest BCUT2D eigenvalue weighted by Crippen LogP contribution is -2.21. The molecule has 0 aliphatic rings. The summed E-state index contributed by atoms with van der Waals surface area (Å²) in [7, 11) is 3.22. The quantitative estimate of drug-likeness (QED) is 0.465. The predicted octanol–water partition coefficient (Wildman–Crippen LogP) is 3.70. The summed E-state index contributed by atoms with van der Waals surface area (Å²) >= 11 is 9.80. The van der Waals surface area contributed by atoms with Crippen molar-refractivity contribution in [2.24, 2.45) is 7.05 Å². The predicted molar refractivity (Wildman–Crippen MR) is 101 cm³/mol. The molecule has 0 radical (unpaired) electrons. The fraction of sp³-hybridized carbons (Fsp3) is 0.118. The van der Waals surface area contributed by atoms with Crippen LogP contribution in [0.2, 0.25) is 5.15 Å². The van der Waals surface area contributed by atoms with E-state index in [1.165, 1.54) is 7.11 Å². The summed E-state index contributed by atoms with van der Waals surface area (Å²) < 4.78 is 9.09. The second-order valence-electron chi connectivity index (χ2n) is 5.49. The van der Waals surface area contributed by atoms with Crippen LogP contribution in [0.15, 0.2) is 45.8 Å². The van der Waals surface area contributed by atoms with Crippen molar-refractivity contribution in [2.45, 2.75) is 0 Å². The maximum atomic E-state index is 12.9. The molecule has 3 aromatic heterocycles. The third kappa shape index (κ3) is 2.42. The first-order valence-corrected chi connectivity index (χ1v) is 8.55. The number of benzene rings is 1. The third-order valence-electron chi connectivity index (χ3n) is 4.10. The highest BCUT2D eigenvalue weighted by Gasteiger charge is 2.18. The molecule has 0 bridgehead atoms. The molecule has 0 amide bonds. The molecular weight excluding hydrogens is 408 g/mol. The van der Waals surface area contributed by atoms with Gasteiger partial charge in [0, 0.05) is 23.0 Å². The van der Waals surface area contributed by atoms with E-state index in [0.717, 1.165) is 20.9 Å². The van der Waals surface area contributed by atoms with Crippen LogP contribution in [0.3, 0.4) is 0 Å². The topological polar surface area (TPSA) is 61.9 Å². The Balaban J connectivity index is 2.19. The fourth-order valence-corrected chi connectivity index (χ4v) is 3.48. The fourth-order valence-electron chi connectivity index (χ4n) is 2.88. The van der Waals surface area contributed by atoms with Gasteiger partial charge in [-0.1, -0.05) is 27.5 Å². The van der Waals surface area contributed by atoms with Gasteiger partial charge in [-0.25, -0.2) is 4.79 Å². The Morgan fingerprint density at radius 3 is 2.76 bits per heavy atom. The highest BCUT2D eigenvalue weighted by Crippen LogP contribution is 2.30. The van der Waals surface area contributed by atoms with Crippen LogP contribution in [-0.2, 0) is 7.05 Å². The van der Waals surface area contributed by atoms with Crippen molar-refractivity contribution in [1.82, 2.24) is 19.1 Å². The monoisotopic (exact) mass is 418 g/mol. The van der Waals surface area contributed by atoms with Crippen molar-refractivity contribution in [1.29, 1.82) is 0 Å². The normalized spacial score (nSPS) is 11.4. The number of rotatable bonds is 2. The molecule has 0 spiro atoms. The first kappa shape index (κ1) is 16.1. The highest BCUT2D eigenvalue weighted by molar-refractivity contribution is 9.10. The summed E-state index contributed by atoms with van der Waals surface area (Å²) in [4.78, 5) is 21.5. The van der Waals surface area contributed by atoms with Crippen LogP contribution < -0.4 is 10.4 Å². The summed E-state index contributed by atoms with van der Waals surface area (Å²) in [5.41, 5.74) is 2.49. The zero-order chi connectivity index (χ0) is 17.7. The Morgan fingerprint density at radius 2 is 2.04 bits per heavy atom. The lowest BCUT2D eigenvalue weighted by molar-refractivity contribution is 0.398. The number of aromatic nitrogens is 4. The van der Waals surface area contributed by atoms with Gasteiger partial charge < -0.3 is 4.74 Å². The van der Waals surface area contributed by atoms with Crippen molar-refractivity contribution in [3.05, 3.63) is 56.6 Å². The van der Waals surface area contributed by atoms with Gasteiger partial charge in [0.1, 0.15) is 0 Å². The summed E-state index contributed by atoms with van der Waals surface area (Å²) in [6.07, 6.45) is 1.69. The van der Waals surface area contributed by atoms with Gasteiger partial charge in [0.25, 0.3) is 0 Å². The van der Waals surface area contributed by atoms with E-state index in [1.54, 1.807) is 34.5 Å². The molecule has 0 saturated heterocycles. The Morgan fingerprint density at radius 1 is 1.24 bits per heavy atom. The number of hydrogen-bond donors (Lipinski definition) is 0. The highest BCUT2D eigenvalue weighted by atomic mass is 79.9. The van der Waals surface area contributed by atoms with Gasteiger partial charge in [-0.05, 0) is 24.3 Å². The van der Waals surface area contributed by atoms with Gasteiger partial charge in [-0.15, -0.1) is 0 Å². The van der Waals surface area contributed by atoms with Gasteiger partial charge in [-0.2, -0.15) is 4.98 Å². The second kappa shape index (κ2) is 5.86. The standard InChI is InChI=1S/C17H12BrClN4O2/c1-22-13-8-20-11-4-3-9(18)7-10(11)15(13)23(17(22)24)12-5-6-14(25-2)21-16(12)19/h3-8H,1-2H3.